The highest BCUT2D eigenvalue weighted by atomic mass is 35.5. The molecule has 1 aliphatic carbocycles. The molecule has 1 aromatic rings. The summed E-state index contributed by atoms with van der Waals surface area (Å²) < 4.78 is 15.9. The molecule has 2 rings (SSSR count). The SMILES string of the molecule is COc1cc(Cl)c(C2(C(=O)O)CCC2)c(OC)c1OC. The molecule has 0 heterocycles. The van der Waals surface area contributed by atoms with E-state index in [-0.39, 0.29) is 0 Å². The highest BCUT2D eigenvalue weighted by Gasteiger charge is 2.50. The summed E-state index contributed by atoms with van der Waals surface area (Å²) >= 11 is 6.28. The molecule has 0 aromatic heterocycles. The van der Waals surface area contributed by atoms with E-state index in [2.05, 4.69) is 0 Å². The maximum absolute atomic E-state index is 11.7. The molecule has 5 nitrogen and oxygen atoms in total. The van der Waals surface area contributed by atoms with Crippen LogP contribution in [0.1, 0.15) is 24.8 Å². The van der Waals surface area contributed by atoms with Crippen molar-refractivity contribution < 1.29 is 24.1 Å². The van der Waals surface area contributed by atoms with E-state index >= 15 is 0 Å². The predicted molar refractivity (Wildman–Crippen MR) is 74.3 cm³/mol. The minimum absolute atomic E-state index is 0.321. The average Bonchev–Trinajstić information content (AvgIpc) is 2.37. The van der Waals surface area contributed by atoms with Crippen molar-refractivity contribution in [2.75, 3.05) is 21.3 Å². The van der Waals surface area contributed by atoms with Crippen LogP contribution in [0.15, 0.2) is 6.07 Å². The van der Waals surface area contributed by atoms with Crippen LogP contribution in [0.5, 0.6) is 17.2 Å². The van der Waals surface area contributed by atoms with Gasteiger partial charge in [-0.25, -0.2) is 0 Å². The molecule has 110 valence electrons. The quantitative estimate of drug-likeness (QED) is 0.906. The minimum Gasteiger partial charge on any atom is -0.493 e. The van der Waals surface area contributed by atoms with Gasteiger partial charge in [0, 0.05) is 11.6 Å². The predicted octanol–water partition coefficient (Wildman–Crippen LogP) is 2.87. The van der Waals surface area contributed by atoms with Crippen molar-refractivity contribution in [3.63, 3.8) is 0 Å². The van der Waals surface area contributed by atoms with Gasteiger partial charge in [0.15, 0.2) is 11.5 Å². The highest BCUT2D eigenvalue weighted by molar-refractivity contribution is 6.32. The lowest BCUT2D eigenvalue weighted by Crippen LogP contribution is -2.42. The van der Waals surface area contributed by atoms with Crippen LogP contribution in [0.25, 0.3) is 0 Å². The number of halogens is 1. The molecule has 1 aliphatic rings. The molecular weight excluding hydrogens is 284 g/mol. The van der Waals surface area contributed by atoms with E-state index in [0.717, 1.165) is 6.42 Å². The van der Waals surface area contributed by atoms with Crippen LogP contribution < -0.4 is 14.2 Å². The Labute approximate surface area is 122 Å². The smallest absolute Gasteiger partial charge is 0.314 e. The summed E-state index contributed by atoms with van der Waals surface area (Å²) in [5, 5.41) is 9.91. The first-order chi connectivity index (χ1) is 9.51. The number of hydrogen-bond donors (Lipinski definition) is 1. The van der Waals surface area contributed by atoms with Crippen molar-refractivity contribution in [2.45, 2.75) is 24.7 Å². The molecule has 1 fully saturated rings. The van der Waals surface area contributed by atoms with Gasteiger partial charge in [-0.3, -0.25) is 4.79 Å². The van der Waals surface area contributed by atoms with Gasteiger partial charge in [0.2, 0.25) is 5.75 Å². The van der Waals surface area contributed by atoms with Crippen LogP contribution in [0.4, 0.5) is 0 Å². The molecule has 0 atom stereocenters. The Morgan fingerprint density at radius 2 is 1.80 bits per heavy atom. The standard InChI is InChI=1S/C14H17ClO5/c1-18-9-7-8(15)10(12(20-3)11(9)19-2)14(13(16)17)5-4-6-14/h7H,4-6H2,1-3H3,(H,16,17). The lowest BCUT2D eigenvalue weighted by atomic mass is 9.64. The van der Waals surface area contributed by atoms with Gasteiger partial charge >= 0.3 is 5.97 Å². The van der Waals surface area contributed by atoms with E-state index in [0.29, 0.717) is 40.7 Å². The van der Waals surface area contributed by atoms with Crippen molar-refractivity contribution >= 4 is 17.6 Å². The molecule has 1 aromatic carbocycles. The Bertz CT molecular complexity index is 537. The van der Waals surface area contributed by atoms with Crippen LogP contribution >= 0.6 is 11.6 Å². The van der Waals surface area contributed by atoms with Gasteiger partial charge in [-0.05, 0) is 12.8 Å². The third-order valence-corrected chi connectivity index (χ3v) is 4.18. The number of rotatable bonds is 5. The van der Waals surface area contributed by atoms with E-state index in [1.54, 1.807) is 6.07 Å². The molecule has 0 bridgehead atoms. The van der Waals surface area contributed by atoms with Gasteiger partial charge in [0.1, 0.15) is 0 Å². The first-order valence-electron chi connectivity index (χ1n) is 6.24. The maximum atomic E-state index is 11.7. The molecule has 0 unspecified atom stereocenters. The highest BCUT2D eigenvalue weighted by Crippen LogP contribution is 2.55. The molecule has 1 N–H and O–H groups in total. The molecule has 0 spiro atoms. The molecule has 0 amide bonds. The van der Waals surface area contributed by atoms with Crippen LogP contribution in [-0.4, -0.2) is 32.4 Å². The van der Waals surface area contributed by atoms with Crippen LogP contribution in [-0.2, 0) is 10.2 Å². The van der Waals surface area contributed by atoms with E-state index < -0.39 is 11.4 Å². The first kappa shape index (κ1) is 14.8. The van der Waals surface area contributed by atoms with E-state index in [1.807, 2.05) is 0 Å². The Kier molecular flexibility index (Phi) is 3.99. The normalized spacial score (nSPS) is 16.2. The van der Waals surface area contributed by atoms with Gasteiger partial charge in [0.25, 0.3) is 0 Å². The first-order valence-corrected chi connectivity index (χ1v) is 6.62. The lowest BCUT2D eigenvalue weighted by Gasteiger charge is -2.39. The minimum atomic E-state index is -0.998. The Hall–Kier alpha value is -1.62. The van der Waals surface area contributed by atoms with Crippen molar-refractivity contribution in [1.29, 1.82) is 0 Å². The fourth-order valence-corrected chi connectivity index (χ4v) is 3.04. The Balaban J connectivity index is 2.72. The zero-order valence-corrected chi connectivity index (χ0v) is 12.4. The van der Waals surface area contributed by atoms with Gasteiger partial charge < -0.3 is 19.3 Å². The van der Waals surface area contributed by atoms with Gasteiger partial charge in [0.05, 0.1) is 31.8 Å². The van der Waals surface area contributed by atoms with Crippen molar-refractivity contribution in [3.8, 4) is 17.2 Å². The molecule has 0 radical (unpaired) electrons. The summed E-state index contributed by atoms with van der Waals surface area (Å²) in [7, 11) is 4.43. The summed E-state index contributed by atoms with van der Waals surface area (Å²) in [5.41, 5.74) is -0.528. The molecule has 0 saturated heterocycles. The number of methoxy groups -OCH3 is 3. The summed E-state index contributed by atoms with van der Waals surface area (Å²) in [5.74, 6) is 0.218. The average molecular weight is 301 g/mol. The number of aliphatic carboxylic acids is 1. The number of hydrogen-bond acceptors (Lipinski definition) is 4. The molecule has 20 heavy (non-hydrogen) atoms. The molecular formula is C14H17ClO5. The third kappa shape index (κ3) is 1.97. The lowest BCUT2D eigenvalue weighted by molar-refractivity contribution is -0.147. The summed E-state index contributed by atoms with van der Waals surface area (Å²) in [6, 6.07) is 1.57. The number of benzene rings is 1. The summed E-state index contributed by atoms with van der Waals surface area (Å²) in [4.78, 5) is 11.7. The summed E-state index contributed by atoms with van der Waals surface area (Å²) in [6.45, 7) is 0. The molecule has 0 aliphatic heterocycles. The van der Waals surface area contributed by atoms with Gasteiger partial charge in [-0.15, -0.1) is 0 Å². The second-order valence-corrected chi connectivity index (χ2v) is 5.15. The molecule has 1 saturated carbocycles. The van der Waals surface area contributed by atoms with Crippen LogP contribution in [0.3, 0.4) is 0 Å². The van der Waals surface area contributed by atoms with Crippen LogP contribution in [0.2, 0.25) is 5.02 Å². The number of ether oxygens (including phenoxy) is 3. The van der Waals surface area contributed by atoms with Gasteiger partial charge in [-0.1, -0.05) is 18.0 Å². The Morgan fingerprint density at radius 3 is 2.15 bits per heavy atom. The maximum Gasteiger partial charge on any atom is 0.314 e. The fourth-order valence-electron chi connectivity index (χ4n) is 2.67. The van der Waals surface area contributed by atoms with Crippen molar-refractivity contribution in [3.05, 3.63) is 16.7 Å². The van der Waals surface area contributed by atoms with E-state index in [1.165, 1.54) is 21.3 Å². The zero-order valence-electron chi connectivity index (χ0n) is 11.7. The van der Waals surface area contributed by atoms with Crippen LogP contribution in [0, 0.1) is 0 Å². The third-order valence-electron chi connectivity index (χ3n) is 3.88. The van der Waals surface area contributed by atoms with E-state index in [4.69, 9.17) is 25.8 Å². The van der Waals surface area contributed by atoms with E-state index in [9.17, 15) is 9.90 Å². The topological polar surface area (TPSA) is 65.0 Å². The number of carboxylic acid groups (broad SMARTS) is 1. The fraction of sp³-hybridized carbons (Fsp3) is 0.500. The van der Waals surface area contributed by atoms with Gasteiger partial charge in [-0.2, -0.15) is 0 Å². The monoisotopic (exact) mass is 300 g/mol. The second-order valence-electron chi connectivity index (χ2n) is 4.74. The van der Waals surface area contributed by atoms with Crippen molar-refractivity contribution in [1.82, 2.24) is 0 Å². The second kappa shape index (κ2) is 5.40. The molecule has 6 heteroatoms. The van der Waals surface area contributed by atoms with Crippen molar-refractivity contribution in [2.24, 2.45) is 0 Å². The largest absolute Gasteiger partial charge is 0.493 e. The summed E-state index contributed by atoms with van der Waals surface area (Å²) in [6.07, 6.45) is 1.92. The zero-order chi connectivity index (χ0) is 14.9. The number of carboxylic acids is 1. The Morgan fingerprint density at radius 1 is 1.20 bits per heavy atom. The number of carbonyl (C=O) groups is 1.